The molecule has 0 spiro atoms. The van der Waals surface area contributed by atoms with E-state index in [1.165, 1.54) is 17.7 Å². The van der Waals surface area contributed by atoms with Crippen LogP contribution in [-0.4, -0.2) is 14.8 Å². The molecule has 90 valence electrons. The minimum atomic E-state index is 0.520. The van der Waals surface area contributed by atoms with Gasteiger partial charge in [0.1, 0.15) is 0 Å². The lowest BCUT2D eigenvalue weighted by Crippen LogP contribution is -2.03. The van der Waals surface area contributed by atoms with Gasteiger partial charge in [0.05, 0.1) is 11.7 Å². The molecule has 2 aromatic heterocycles. The summed E-state index contributed by atoms with van der Waals surface area (Å²) >= 11 is 6.19. The average Bonchev–Trinajstić information content (AvgIpc) is 2.94. The fourth-order valence-electron chi connectivity index (χ4n) is 2.57. The molecule has 0 saturated heterocycles. The van der Waals surface area contributed by atoms with Crippen LogP contribution in [0.15, 0.2) is 6.20 Å². The fraction of sp³-hybridized carbons (Fsp3) is 0.538. The zero-order valence-electron chi connectivity index (χ0n) is 10.4. The number of hydrogen-bond acceptors (Lipinski definition) is 2. The molecule has 0 amide bonds. The van der Waals surface area contributed by atoms with Crippen molar-refractivity contribution in [1.82, 2.24) is 14.8 Å². The SMILES string of the molecule is Cc1c(C)n(CC2C[C@@H]2C)c2c(Cl)nncc12. The first-order chi connectivity index (χ1) is 8.09. The molecule has 0 bridgehead atoms. The largest absolute Gasteiger partial charge is 0.342 e. The fourth-order valence-corrected chi connectivity index (χ4v) is 2.82. The van der Waals surface area contributed by atoms with E-state index < -0.39 is 0 Å². The summed E-state index contributed by atoms with van der Waals surface area (Å²) in [5, 5.41) is 9.56. The molecule has 3 rings (SSSR count). The maximum atomic E-state index is 6.19. The van der Waals surface area contributed by atoms with Crippen LogP contribution in [0.1, 0.15) is 24.6 Å². The van der Waals surface area contributed by atoms with Crippen LogP contribution in [0.4, 0.5) is 0 Å². The van der Waals surface area contributed by atoms with Gasteiger partial charge >= 0.3 is 0 Å². The molecule has 4 heteroatoms. The summed E-state index contributed by atoms with van der Waals surface area (Å²) in [6.07, 6.45) is 3.14. The summed E-state index contributed by atoms with van der Waals surface area (Å²) in [5.41, 5.74) is 3.61. The highest BCUT2D eigenvalue weighted by Gasteiger charge is 2.33. The van der Waals surface area contributed by atoms with E-state index in [0.29, 0.717) is 5.15 Å². The second kappa shape index (κ2) is 3.70. The van der Waals surface area contributed by atoms with Crippen LogP contribution in [0.3, 0.4) is 0 Å². The summed E-state index contributed by atoms with van der Waals surface area (Å²) < 4.78 is 2.32. The van der Waals surface area contributed by atoms with Crippen molar-refractivity contribution in [2.75, 3.05) is 0 Å². The maximum Gasteiger partial charge on any atom is 0.175 e. The number of hydrogen-bond donors (Lipinski definition) is 0. The standard InChI is InChI=1S/C13H16ClN3/c1-7-4-10(7)6-17-9(3)8(2)11-5-15-16-13(14)12(11)17/h5,7,10H,4,6H2,1-3H3/t7-,10?/m0/s1. The Bertz CT molecular complexity index is 588. The van der Waals surface area contributed by atoms with Crippen LogP contribution in [0.25, 0.3) is 10.9 Å². The minimum absolute atomic E-state index is 0.520. The van der Waals surface area contributed by atoms with Gasteiger partial charge in [-0.05, 0) is 37.7 Å². The van der Waals surface area contributed by atoms with Gasteiger partial charge in [-0.1, -0.05) is 18.5 Å². The lowest BCUT2D eigenvalue weighted by atomic mass is 10.2. The molecule has 17 heavy (non-hydrogen) atoms. The lowest BCUT2D eigenvalue weighted by Gasteiger charge is -2.08. The van der Waals surface area contributed by atoms with E-state index in [1.54, 1.807) is 0 Å². The van der Waals surface area contributed by atoms with Gasteiger partial charge in [-0.3, -0.25) is 0 Å². The molecular weight excluding hydrogens is 234 g/mol. The van der Waals surface area contributed by atoms with Crippen molar-refractivity contribution < 1.29 is 0 Å². The number of aromatic nitrogens is 3. The lowest BCUT2D eigenvalue weighted by molar-refractivity contribution is 0.597. The predicted molar refractivity (Wildman–Crippen MR) is 69.3 cm³/mol. The Labute approximate surface area is 106 Å². The number of aryl methyl sites for hydroxylation is 1. The summed E-state index contributed by atoms with van der Waals surface area (Å²) in [6, 6.07) is 0. The molecule has 1 aliphatic rings. The highest BCUT2D eigenvalue weighted by Crippen LogP contribution is 2.41. The zero-order chi connectivity index (χ0) is 12.2. The van der Waals surface area contributed by atoms with Crippen molar-refractivity contribution in [3.05, 3.63) is 22.6 Å². The van der Waals surface area contributed by atoms with E-state index in [9.17, 15) is 0 Å². The van der Waals surface area contributed by atoms with Gasteiger partial charge in [-0.2, -0.15) is 5.10 Å². The monoisotopic (exact) mass is 249 g/mol. The highest BCUT2D eigenvalue weighted by molar-refractivity contribution is 6.33. The van der Waals surface area contributed by atoms with Gasteiger partial charge in [0, 0.05) is 17.6 Å². The third-order valence-electron chi connectivity index (χ3n) is 4.10. The third-order valence-corrected chi connectivity index (χ3v) is 4.35. The number of fused-ring (bicyclic) bond motifs is 1. The molecule has 1 unspecified atom stereocenters. The molecule has 1 fully saturated rings. The van der Waals surface area contributed by atoms with Crippen LogP contribution < -0.4 is 0 Å². The van der Waals surface area contributed by atoms with Crippen molar-refractivity contribution in [2.24, 2.45) is 11.8 Å². The van der Waals surface area contributed by atoms with Gasteiger partial charge in [0.15, 0.2) is 5.15 Å². The van der Waals surface area contributed by atoms with Crippen LogP contribution in [0.2, 0.25) is 5.15 Å². The molecule has 0 N–H and O–H groups in total. The van der Waals surface area contributed by atoms with Crippen molar-refractivity contribution in [3.8, 4) is 0 Å². The number of nitrogens with zero attached hydrogens (tertiary/aromatic N) is 3. The summed E-state index contributed by atoms with van der Waals surface area (Å²) in [7, 11) is 0. The predicted octanol–water partition coefficient (Wildman–Crippen LogP) is 3.36. The molecule has 1 aliphatic carbocycles. The molecular formula is C13H16ClN3. The van der Waals surface area contributed by atoms with Crippen molar-refractivity contribution in [3.63, 3.8) is 0 Å². The van der Waals surface area contributed by atoms with Gasteiger partial charge < -0.3 is 4.57 Å². The Morgan fingerprint density at radius 2 is 2.18 bits per heavy atom. The molecule has 2 heterocycles. The van der Waals surface area contributed by atoms with Crippen molar-refractivity contribution in [1.29, 1.82) is 0 Å². The third kappa shape index (κ3) is 1.64. The summed E-state index contributed by atoms with van der Waals surface area (Å²) in [4.78, 5) is 0. The molecule has 3 nitrogen and oxygen atoms in total. The first-order valence-corrected chi connectivity index (χ1v) is 6.44. The summed E-state index contributed by atoms with van der Waals surface area (Å²) in [6.45, 7) is 7.64. The molecule has 0 aliphatic heterocycles. The Morgan fingerprint density at radius 3 is 2.82 bits per heavy atom. The van der Waals surface area contributed by atoms with E-state index in [4.69, 9.17) is 11.6 Å². The molecule has 0 radical (unpaired) electrons. The van der Waals surface area contributed by atoms with Gasteiger partial charge in [-0.15, -0.1) is 5.10 Å². The first kappa shape index (κ1) is 11.0. The Morgan fingerprint density at radius 1 is 1.47 bits per heavy atom. The van der Waals surface area contributed by atoms with Crippen LogP contribution in [0.5, 0.6) is 0 Å². The van der Waals surface area contributed by atoms with Crippen LogP contribution in [0, 0.1) is 25.7 Å². The minimum Gasteiger partial charge on any atom is -0.342 e. The topological polar surface area (TPSA) is 30.7 Å². The second-order valence-electron chi connectivity index (χ2n) is 5.19. The van der Waals surface area contributed by atoms with E-state index in [2.05, 4.69) is 35.5 Å². The van der Waals surface area contributed by atoms with Gasteiger partial charge in [0.2, 0.25) is 0 Å². The van der Waals surface area contributed by atoms with Crippen LogP contribution >= 0.6 is 11.6 Å². The normalized spacial score (nSPS) is 23.3. The number of rotatable bonds is 2. The van der Waals surface area contributed by atoms with E-state index in [-0.39, 0.29) is 0 Å². The van der Waals surface area contributed by atoms with Gasteiger partial charge in [0.25, 0.3) is 0 Å². The smallest absolute Gasteiger partial charge is 0.175 e. The second-order valence-corrected chi connectivity index (χ2v) is 5.55. The average molecular weight is 250 g/mol. The molecule has 0 aromatic carbocycles. The molecule has 2 aromatic rings. The van der Waals surface area contributed by atoms with Crippen LogP contribution in [-0.2, 0) is 6.54 Å². The maximum absolute atomic E-state index is 6.19. The zero-order valence-corrected chi connectivity index (χ0v) is 11.1. The van der Waals surface area contributed by atoms with E-state index >= 15 is 0 Å². The van der Waals surface area contributed by atoms with E-state index in [1.807, 2.05) is 6.20 Å². The first-order valence-electron chi connectivity index (χ1n) is 6.06. The molecule has 1 saturated carbocycles. The number of halogens is 1. The highest BCUT2D eigenvalue weighted by atomic mass is 35.5. The Hall–Kier alpha value is -1.09. The van der Waals surface area contributed by atoms with Gasteiger partial charge in [-0.25, -0.2) is 0 Å². The summed E-state index contributed by atoms with van der Waals surface area (Å²) in [5.74, 6) is 1.65. The molecule has 2 atom stereocenters. The van der Waals surface area contributed by atoms with E-state index in [0.717, 1.165) is 29.3 Å². The Balaban J connectivity index is 2.18. The van der Waals surface area contributed by atoms with Crippen molar-refractivity contribution >= 4 is 22.5 Å². The Kier molecular flexibility index (Phi) is 2.40. The quantitative estimate of drug-likeness (QED) is 0.817. The van der Waals surface area contributed by atoms with Crippen molar-refractivity contribution in [2.45, 2.75) is 33.7 Å².